The quantitative estimate of drug-likeness (QED) is 0.933. The van der Waals surface area contributed by atoms with Gasteiger partial charge in [-0.15, -0.1) is 10.2 Å². The molecule has 0 atom stereocenters. The van der Waals surface area contributed by atoms with Gasteiger partial charge in [-0.2, -0.15) is 0 Å². The van der Waals surface area contributed by atoms with Crippen LogP contribution in [0.25, 0.3) is 11.4 Å². The highest BCUT2D eigenvalue weighted by Crippen LogP contribution is 2.40. The van der Waals surface area contributed by atoms with E-state index in [0.717, 1.165) is 18.9 Å². The summed E-state index contributed by atoms with van der Waals surface area (Å²) in [4.78, 5) is 0. The zero-order chi connectivity index (χ0) is 14.5. The van der Waals surface area contributed by atoms with Crippen molar-refractivity contribution in [1.29, 1.82) is 0 Å². The van der Waals surface area contributed by atoms with Gasteiger partial charge in [0.25, 0.3) is 15.2 Å². The summed E-state index contributed by atoms with van der Waals surface area (Å²) in [6.45, 7) is 0. The van der Waals surface area contributed by atoms with Crippen molar-refractivity contribution in [3.63, 3.8) is 0 Å². The molecule has 1 heterocycles. The van der Waals surface area contributed by atoms with Gasteiger partial charge in [0.1, 0.15) is 5.82 Å². The van der Waals surface area contributed by atoms with Gasteiger partial charge in [-0.3, -0.25) is 4.57 Å². The Balaban J connectivity index is 2.22. The number of hydrogen-bond donors (Lipinski definition) is 1. The Morgan fingerprint density at radius 1 is 1.35 bits per heavy atom. The molecule has 1 saturated carbocycles. The summed E-state index contributed by atoms with van der Waals surface area (Å²) < 4.78 is 37.6. The Morgan fingerprint density at radius 3 is 2.60 bits per heavy atom. The second-order valence-electron chi connectivity index (χ2n) is 4.58. The molecule has 2 aromatic rings. The van der Waals surface area contributed by atoms with Crippen LogP contribution in [0.1, 0.15) is 18.9 Å². The van der Waals surface area contributed by atoms with Crippen LogP contribution < -0.4 is 5.14 Å². The second-order valence-corrected chi connectivity index (χ2v) is 6.44. The molecule has 0 radical (unpaired) electrons. The number of primary sulfonamides is 1. The Bertz CT molecular complexity index is 786. The van der Waals surface area contributed by atoms with Crippen LogP contribution in [-0.4, -0.2) is 23.2 Å². The first-order valence-corrected chi connectivity index (χ1v) is 7.73. The molecular weight excluding hydrogens is 307 g/mol. The van der Waals surface area contributed by atoms with Crippen molar-refractivity contribution >= 4 is 21.6 Å². The summed E-state index contributed by atoms with van der Waals surface area (Å²) in [6.07, 6.45) is 1.62. The molecule has 0 bridgehead atoms. The zero-order valence-electron chi connectivity index (χ0n) is 10.1. The van der Waals surface area contributed by atoms with E-state index in [1.165, 1.54) is 16.7 Å². The summed E-state index contributed by atoms with van der Waals surface area (Å²) in [5.41, 5.74) is 0.419. The van der Waals surface area contributed by atoms with Crippen LogP contribution in [0, 0.1) is 5.82 Å². The van der Waals surface area contributed by atoms with E-state index in [1.807, 2.05) is 0 Å². The molecule has 0 aliphatic heterocycles. The highest BCUT2D eigenvalue weighted by Gasteiger charge is 2.34. The first kappa shape index (κ1) is 13.5. The number of rotatable bonds is 3. The predicted molar refractivity (Wildman–Crippen MR) is 70.1 cm³/mol. The Morgan fingerprint density at radius 2 is 2.05 bits per heavy atom. The lowest BCUT2D eigenvalue weighted by molar-refractivity contribution is 0.567. The summed E-state index contributed by atoms with van der Waals surface area (Å²) in [5.74, 6) is -0.204. The molecular formula is C11H10ClFN4O2S. The number of halogens is 2. The SMILES string of the molecule is NS(=O)(=O)c1nnc(-c2ccc(F)cc2Cl)n1C1CC1. The molecule has 2 N–H and O–H groups in total. The molecule has 20 heavy (non-hydrogen) atoms. The molecule has 1 aliphatic carbocycles. The number of aromatic nitrogens is 3. The summed E-state index contributed by atoms with van der Waals surface area (Å²) in [5, 5.41) is 12.5. The molecule has 1 aliphatic rings. The van der Waals surface area contributed by atoms with Gasteiger partial charge >= 0.3 is 0 Å². The molecule has 6 nitrogen and oxygen atoms in total. The lowest BCUT2D eigenvalue weighted by atomic mass is 10.2. The number of nitrogens with zero attached hydrogens (tertiary/aromatic N) is 3. The maximum absolute atomic E-state index is 13.1. The van der Waals surface area contributed by atoms with Crippen molar-refractivity contribution in [1.82, 2.24) is 14.8 Å². The minimum absolute atomic E-state index is 0.0190. The molecule has 3 rings (SSSR count). The third kappa shape index (κ3) is 2.30. The van der Waals surface area contributed by atoms with E-state index < -0.39 is 15.8 Å². The van der Waals surface area contributed by atoms with Crippen molar-refractivity contribution in [3.8, 4) is 11.4 Å². The number of hydrogen-bond acceptors (Lipinski definition) is 4. The van der Waals surface area contributed by atoms with Crippen molar-refractivity contribution in [2.75, 3.05) is 0 Å². The van der Waals surface area contributed by atoms with Crippen molar-refractivity contribution in [3.05, 3.63) is 29.0 Å². The van der Waals surface area contributed by atoms with Crippen LogP contribution in [0.15, 0.2) is 23.4 Å². The van der Waals surface area contributed by atoms with E-state index in [9.17, 15) is 12.8 Å². The van der Waals surface area contributed by atoms with Gasteiger partial charge in [-0.25, -0.2) is 17.9 Å². The number of sulfonamides is 1. The van der Waals surface area contributed by atoms with Crippen LogP contribution >= 0.6 is 11.6 Å². The average Bonchev–Trinajstić information content (AvgIpc) is 3.07. The van der Waals surface area contributed by atoms with Gasteiger partial charge in [0.15, 0.2) is 5.82 Å². The molecule has 1 fully saturated rings. The first-order chi connectivity index (χ1) is 9.38. The number of nitrogens with two attached hydrogens (primary N) is 1. The van der Waals surface area contributed by atoms with Crippen LogP contribution in [0.5, 0.6) is 0 Å². The monoisotopic (exact) mass is 316 g/mol. The van der Waals surface area contributed by atoms with Gasteiger partial charge < -0.3 is 0 Å². The zero-order valence-corrected chi connectivity index (χ0v) is 11.7. The third-order valence-electron chi connectivity index (χ3n) is 3.00. The molecule has 1 aromatic carbocycles. The van der Waals surface area contributed by atoms with Gasteiger partial charge in [0.2, 0.25) is 0 Å². The fourth-order valence-corrected chi connectivity index (χ4v) is 2.90. The van der Waals surface area contributed by atoms with Crippen molar-refractivity contribution in [2.24, 2.45) is 5.14 Å². The molecule has 0 unspecified atom stereocenters. The lowest BCUT2D eigenvalue weighted by Crippen LogP contribution is -2.18. The number of benzene rings is 1. The minimum Gasteiger partial charge on any atom is -0.294 e. The second kappa shape index (κ2) is 4.51. The van der Waals surface area contributed by atoms with Crippen molar-refractivity contribution in [2.45, 2.75) is 24.0 Å². The first-order valence-electron chi connectivity index (χ1n) is 5.81. The van der Waals surface area contributed by atoms with Gasteiger partial charge in [0, 0.05) is 11.6 Å². The maximum Gasteiger partial charge on any atom is 0.273 e. The molecule has 0 amide bonds. The third-order valence-corrected chi connectivity index (χ3v) is 4.10. The Kier molecular flexibility index (Phi) is 3.03. The predicted octanol–water partition coefficient (Wildman–Crippen LogP) is 1.72. The van der Waals surface area contributed by atoms with E-state index in [2.05, 4.69) is 10.2 Å². The maximum atomic E-state index is 13.1. The topological polar surface area (TPSA) is 90.9 Å². The summed E-state index contributed by atoms with van der Waals surface area (Å²) >= 11 is 5.98. The average molecular weight is 317 g/mol. The van der Waals surface area contributed by atoms with Crippen LogP contribution in [0.3, 0.4) is 0 Å². The van der Waals surface area contributed by atoms with E-state index in [1.54, 1.807) is 0 Å². The van der Waals surface area contributed by atoms with E-state index in [0.29, 0.717) is 5.56 Å². The molecule has 1 aromatic heterocycles. The largest absolute Gasteiger partial charge is 0.294 e. The minimum atomic E-state index is -3.97. The Labute approximate surface area is 119 Å². The van der Waals surface area contributed by atoms with Crippen molar-refractivity contribution < 1.29 is 12.8 Å². The van der Waals surface area contributed by atoms with Crippen LogP contribution in [0.2, 0.25) is 5.02 Å². The highest BCUT2D eigenvalue weighted by atomic mass is 35.5. The van der Waals surface area contributed by atoms with Gasteiger partial charge in [0.05, 0.1) is 5.02 Å². The lowest BCUT2D eigenvalue weighted by Gasteiger charge is -2.08. The fraction of sp³-hybridized carbons (Fsp3) is 0.273. The van der Waals surface area contributed by atoms with E-state index in [4.69, 9.17) is 16.7 Å². The van der Waals surface area contributed by atoms with Crippen LogP contribution in [0.4, 0.5) is 4.39 Å². The van der Waals surface area contributed by atoms with Gasteiger partial charge in [-0.1, -0.05) is 11.6 Å². The smallest absolute Gasteiger partial charge is 0.273 e. The highest BCUT2D eigenvalue weighted by molar-refractivity contribution is 7.89. The van der Waals surface area contributed by atoms with Gasteiger partial charge in [-0.05, 0) is 31.0 Å². The van der Waals surface area contributed by atoms with E-state index >= 15 is 0 Å². The summed E-state index contributed by atoms with van der Waals surface area (Å²) in [7, 11) is -3.97. The van der Waals surface area contributed by atoms with Crippen LogP contribution in [-0.2, 0) is 10.0 Å². The summed E-state index contributed by atoms with van der Waals surface area (Å²) in [6, 6.07) is 3.78. The molecule has 0 saturated heterocycles. The van der Waals surface area contributed by atoms with E-state index in [-0.39, 0.29) is 22.0 Å². The molecule has 0 spiro atoms. The molecule has 9 heteroatoms. The molecule has 106 valence electrons. The fourth-order valence-electron chi connectivity index (χ4n) is 1.99. The normalized spacial score (nSPS) is 15.6. The Hall–Kier alpha value is -1.51. The standard InChI is InChI=1S/C11H10ClFN4O2S/c12-9-5-6(13)1-4-8(9)10-15-16-11(20(14,18)19)17(10)7-2-3-7/h1,4-5,7H,2-3H2,(H2,14,18,19).